The number of hydrogen-bond donors (Lipinski definition) is 1. The van der Waals surface area contributed by atoms with E-state index in [1.165, 1.54) is 32.4 Å². The van der Waals surface area contributed by atoms with Crippen LogP contribution in [-0.2, 0) is 0 Å². The highest BCUT2D eigenvalue weighted by atomic mass is 16.5. The molecule has 0 atom stereocenters. The van der Waals surface area contributed by atoms with Gasteiger partial charge in [-0.2, -0.15) is 0 Å². The third kappa shape index (κ3) is 3.63. The van der Waals surface area contributed by atoms with E-state index >= 15 is 0 Å². The fraction of sp³-hybridized carbons (Fsp3) is 0.571. The molecule has 0 unspecified atom stereocenters. The van der Waals surface area contributed by atoms with Crippen LogP contribution in [0.2, 0.25) is 0 Å². The smallest absolute Gasteiger partial charge is 0.141 e. The van der Waals surface area contributed by atoms with Crippen LogP contribution in [0.25, 0.3) is 0 Å². The van der Waals surface area contributed by atoms with Crippen molar-refractivity contribution in [2.75, 3.05) is 38.6 Å². The molecule has 1 fully saturated rings. The number of methoxy groups -OCH3 is 1. The van der Waals surface area contributed by atoms with Crippen LogP contribution in [0.15, 0.2) is 24.3 Å². The summed E-state index contributed by atoms with van der Waals surface area (Å²) in [6, 6.07) is 8.08. The number of nitrogens with one attached hydrogen (secondary N) is 1. The number of piperidine rings is 1. The number of nitrogens with zero attached hydrogens (tertiary/aromatic N) is 1. The molecule has 1 saturated heterocycles. The monoisotopic (exact) mass is 234 g/mol. The fourth-order valence-electron chi connectivity index (χ4n) is 2.32. The molecule has 1 aliphatic rings. The van der Waals surface area contributed by atoms with E-state index in [2.05, 4.69) is 16.3 Å². The maximum atomic E-state index is 5.31. The molecule has 94 valence electrons. The predicted octanol–water partition coefficient (Wildman–Crippen LogP) is 2.59. The Labute approximate surface area is 104 Å². The van der Waals surface area contributed by atoms with Gasteiger partial charge >= 0.3 is 0 Å². The van der Waals surface area contributed by atoms with Gasteiger partial charge in [0, 0.05) is 13.1 Å². The standard InChI is InChI=1S/C14H22N2O/c1-17-14-8-4-3-7-13(14)15-9-12-16-10-5-2-6-11-16/h3-4,7-8,15H,2,5-6,9-12H2,1H3. The second-order valence-electron chi connectivity index (χ2n) is 4.53. The van der Waals surface area contributed by atoms with Crippen molar-refractivity contribution in [3.63, 3.8) is 0 Å². The molecule has 17 heavy (non-hydrogen) atoms. The molecule has 1 aliphatic heterocycles. The Kier molecular flexibility index (Phi) is 4.68. The third-order valence-corrected chi connectivity index (χ3v) is 3.30. The molecule has 0 radical (unpaired) electrons. The van der Waals surface area contributed by atoms with E-state index in [9.17, 15) is 0 Å². The second kappa shape index (κ2) is 6.50. The van der Waals surface area contributed by atoms with Gasteiger partial charge in [0.25, 0.3) is 0 Å². The van der Waals surface area contributed by atoms with Gasteiger partial charge in [-0.25, -0.2) is 0 Å². The highest BCUT2D eigenvalue weighted by Gasteiger charge is 2.09. The largest absolute Gasteiger partial charge is 0.495 e. The molecule has 1 heterocycles. The van der Waals surface area contributed by atoms with Gasteiger partial charge in [-0.3, -0.25) is 0 Å². The fourth-order valence-corrected chi connectivity index (χ4v) is 2.32. The van der Waals surface area contributed by atoms with Crippen molar-refractivity contribution in [1.29, 1.82) is 0 Å². The SMILES string of the molecule is COc1ccccc1NCCN1CCCCC1. The van der Waals surface area contributed by atoms with Gasteiger partial charge in [-0.15, -0.1) is 0 Å². The van der Waals surface area contributed by atoms with E-state index < -0.39 is 0 Å². The Morgan fingerprint density at radius 1 is 1.18 bits per heavy atom. The lowest BCUT2D eigenvalue weighted by Crippen LogP contribution is -2.33. The van der Waals surface area contributed by atoms with E-state index in [0.717, 1.165) is 24.5 Å². The van der Waals surface area contributed by atoms with Crippen LogP contribution in [0.5, 0.6) is 5.75 Å². The van der Waals surface area contributed by atoms with Crippen molar-refractivity contribution in [3.05, 3.63) is 24.3 Å². The van der Waals surface area contributed by atoms with Gasteiger partial charge < -0.3 is 15.0 Å². The van der Waals surface area contributed by atoms with Gasteiger partial charge in [0.1, 0.15) is 5.75 Å². The quantitative estimate of drug-likeness (QED) is 0.847. The maximum Gasteiger partial charge on any atom is 0.141 e. The van der Waals surface area contributed by atoms with E-state index in [1.54, 1.807) is 7.11 Å². The molecule has 0 aliphatic carbocycles. The van der Waals surface area contributed by atoms with E-state index in [-0.39, 0.29) is 0 Å². The topological polar surface area (TPSA) is 24.5 Å². The van der Waals surface area contributed by atoms with E-state index in [4.69, 9.17) is 4.74 Å². The Hall–Kier alpha value is -1.22. The van der Waals surface area contributed by atoms with Crippen molar-refractivity contribution in [1.82, 2.24) is 4.90 Å². The number of para-hydroxylation sites is 2. The summed E-state index contributed by atoms with van der Waals surface area (Å²) in [5.74, 6) is 0.922. The first kappa shape index (κ1) is 12.2. The Balaban J connectivity index is 1.77. The van der Waals surface area contributed by atoms with Crippen molar-refractivity contribution < 1.29 is 4.74 Å². The summed E-state index contributed by atoms with van der Waals surface area (Å²) in [6.07, 6.45) is 4.11. The molecule has 0 saturated carbocycles. The summed E-state index contributed by atoms with van der Waals surface area (Å²) in [7, 11) is 1.71. The molecular formula is C14H22N2O. The first-order valence-electron chi connectivity index (χ1n) is 6.49. The summed E-state index contributed by atoms with van der Waals surface area (Å²) < 4.78 is 5.31. The molecule has 1 aromatic carbocycles. The minimum atomic E-state index is 0.922. The lowest BCUT2D eigenvalue weighted by atomic mass is 10.1. The van der Waals surface area contributed by atoms with Crippen LogP contribution >= 0.6 is 0 Å². The van der Waals surface area contributed by atoms with E-state index in [0.29, 0.717) is 0 Å². The highest BCUT2D eigenvalue weighted by molar-refractivity contribution is 5.56. The Morgan fingerprint density at radius 3 is 2.71 bits per heavy atom. The molecule has 1 N–H and O–H groups in total. The number of anilines is 1. The van der Waals surface area contributed by atoms with Gasteiger partial charge in [-0.1, -0.05) is 18.6 Å². The minimum absolute atomic E-state index is 0.922. The zero-order chi connectivity index (χ0) is 11.9. The van der Waals surface area contributed by atoms with Crippen molar-refractivity contribution >= 4 is 5.69 Å². The average molecular weight is 234 g/mol. The highest BCUT2D eigenvalue weighted by Crippen LogP contribution is 2.22. The average Bonchev–Trinajstić information content (AvgIpc) is 2.40. The first-order chi connectivity index (χ1) is 8.40. The van der Waals surface area contributed by atoms with Gasteiger partial charge in [0.05, 0.1) is 12.8 Å². The number of rotatable bonds is 5. The van der Waals surface area contributed by atoms with Crippen LogP contribution in [0.1, 0.15) is 19.3 Å². The molecule has 1 aromatic rings. The zero-order valence-electron chi connectivity index (χ0n) is 10.6. The lowest BCUT2D eigenvalue weighted by Gasteiger charge is -2.26. The first-order valence-corrected chi connectivity index (χ1v) is 6.49. The van der Waals surface area contributed by atoms with Crippen LogP contribution in [0, 0.1) is 0 Å². The molecule has 3 nitrogen and oxygen atoms in total. The third-order valence-electron chi connectivity index (χ3n) is 3.30. The predicted molar refractivity (Wildman–Crippen MR) is 71.8 cm³/mol. The van der Waals surface area contributed by atoms with Gasteiger partial charge in [-0.05, 0) is 38.1 Å². The minimum Gasteiger partial charge on any atom is -0.495 e. The Bertz CT molecular complexity index is 335. The van der Waals surface area contributed by atoms with Crippen LogP contribution < -0.4 is 10.1 Å². The van der Waals surface area contributed by atoms with Crippen LogP contribution in [-0.4, -0.2) is 38.2 Å². The summed E-state index contributed by atoms with van der Waals surface area (Å²) in [4.78, 5) is 2.53. The molecule has 0 aromatic heterocycles. The molecule has 3 heteroatoms. The second-order valence-corrected chi connectivity index (χ2v) is 4.53. The van der Waals surface area contributed by atoms with E-state index in [1.807, 2.05) is 18.2 Å². The molecule has 2 rings (SSSR count). The summed E-state index contributed by atoms with van der Waals surface area (Å²) >= 11 is 0. The molecule has 0 amide bonds. The van der Waals surface area contributed by atoms with Crippen molar-refractivity contribution in [2.45, 2.75) is 19.3 Å². The number of benzene rings is 1. The van der Waals surface area contributed by atoms with Gasteiger partial charge in [0.2, 0.25) is 0 Å². The lowest BCUT2D eigenvalue weighted by molar-refractivity contribution is 0.237. The van der Waals surface area contributed by atoms with Gasteiger partial charge in [0.15, 0.2) is 0 Å². The Morgan fingerprint density at radius 2 is 1.94 bits per heavy atom. The molecule has 0 bridgehead atoms. The number of ether oxygens (including phenoxy) is 1. The van der Waals surface area contributed by atoms with Crippen molar-refractivity contribution in [2.24, 2.45) is 0 Å². The molecular weight excluding hydrogens is 212 g/mol. The zero-order valence-corrected chi connectivity index (χ0v) is 10.6. The van der Waals surface area contributed by atoms with Crippen molar-refractivity contribution in [3.8, 4) is 5.75 Å². The van der Waals surface area contributed by atoms with Crippen LogP contribution in [0.4, 0.5) is 5.69 Å². The van der Waals surface area contributed by atoms with Crippen LogP contribution in [0.3, 0.4) is 0 Å². The maximum absolute atomic E-state index is 5.31. The molecule has 0 spiro atoms. The summed E-state index contributed by atoms with van der Waals surface area (Å²) in [5, 5.41) is 3.44. The summed E-state index contributed by atoms with van der Waals surface area (Å²) in [5.41, 5.74) is 1.09. The number of likely N-dealkylation sites (tertiary alicyclic amines) is 1. The normalized spacial score (nSPS) is 16.8. The number of hydrogen-bond acceptors (Lipinski definition) is 3. The summed E-state index contributed by atoms with van der Waals surface area (Å²) in [6.45, 7) is 4.62.